The Balaban J connectivity index is 0.000000317. The lowest BCUT2D eigenvalue weighted by molar-refractivity contribution is -0.193. The minimum atomic E-state index is -5.08. The summed E-state index contributed by atoms with van der Waals surface area (Å²) in [5.41, 5.74) is 1.48. The molecule has 0 saturated carbocycles. The molecule has 0 unspecified atom stereocenters. The molecule has 9 nitrogen and oxygen atoms in total. The normalized spacial score (nSPS) is 22.3. The van der Waals surface area contributed by atoms with E-state index in [1.165, 1.54) is 5.56 Å². The summed E-state index contributed by atoms with van der Waals surface area (Å²) in [6.07, 6.45) is -4.60. The van der Waals surface area contributed by atoms with Gasteiger partial charge in [0, 0.05) is 50.5 Å². The van der Waals surface area contributed by atoms with Crippen molar-refractivity contribution in [1.82, 2.24) is 14.8 Å². The van der Waals surface area contributed by atoms with Gasteiger partial charge in [-0.15, -0.1) is 0 Å². The van der Waals surface area contributed by atoms with Gasteiger partial charge >= 0.3 is 24.3 Å². The van der Waals surface area contributed by atoms with Crippen LogP contribution in [0, 0.1) is 11.3 Å². The highest BCUT2D eigenvalue weighted by Gasteiger charge is 2.46. The number of alkyl halides is 6. The molecule has 2 aliphatic rings. The van der Waals surface area contributed by atoms with Crippen LogP contribution in [-0.2, 0) is 27.4 Å². The van der Waals surface area contributed by atoms with Crippen LogP contribution in [0.5, 0.6) is 0 Å². The molecule has 0 bridgehead atoms. The van der Waals surface area contributed by atoms with Gasteiger partial charge in [-0.25, -0.2) is 9.59 Å². The minimum absolute atomic E-state index is 0.200. The van der Waals surface area contributed by atoms with Crippen molar-refractivity contribution in [1.29, 1.82) is 0 Å². The van der Waals surface area contributed by atoms with Crippen molar-refractivity contribution in [2.24, 2.45) is 11.3 Å². The van der Waals surface area contributed by atoms with E-state index in [9.17, 15) is 26.3 Å². The highest BCUT2D eigenvalue weighted by Crippen LogP contribution is 2.39. The maximum atomic E-state index is 10.6. The summed E-state index contributed by atoms with van der Waals surface area (Å²) < 4.78 is 75.1. The van der Waals surface area contributed by atoms with Gasteiger partial charge in [0.05, 0.1) is 26.0 Å². The molecular formula is C24H29F6N3O6. The zero-order valence-corrected chi connectivity index (χ0v) is 20.9. The smallest absolute Gasteiger partial charge is 0.475 e. The summed E-state index contributed by atoms with van der Waals surface area (Å²) in [6, 6.07) is 8.21. The minimum Gasteiger partial charge on any atom is -0.475 e. The SMILES string of the molecule is C[C@H]1CN(Cc2ccco2)C[C@@]12COCCN(Cc1cccnc1)C2.O=C(O)C(F)(F)F.O=C(O)C(F)(F)F. The molecule has 0 aromatic carbocycles. The Kier molecular flexibility index (Phi) is 11.3. The number of ether oxygens (including phenoxy) is 1. The van der Waals surface area contributed by atoms with E-state index >= 15 is 0 Å². The average molecular weight is 569 g/mol. The second kappa shape index (κ2) is 13.8. The molecule has 2 aromatic heterocycles. The molecule has 4 heterocycles. The largest absolute Gasteiger partial charge is 0.490 e. The second-order valence-electron chi connectivity index (χ2n) is 9.24. The quantitative estimate of drug-likeness (QED) is 0.529. The molecule has 2 N–H and O–H groups in total. The highest BCUT2D eigenvalue weighted by atomic mass is 19.4. The predicted octanol–water partition coefficient (Wildman–Crippen LogP) is 3.91. The van der Waals surface area contributed by atoms with E-state index in [1.54, 1.807) is 6.26 Å². The lowest BCUT2D eigenvalue weighted by Gasteiger charge is -2.35. The summed E-state index contributed by atoms with van der Waals surface area (Å²) in [7, 11) is 0. The Bertz CT molecular complexity index is 1010. The fourth-order valence-electron chi connectivity index (χ4n) is 4.31. The van der Waals surface area contributed by atoms with Crippen molar-refractivity contribution >= 4 is 11.9 Å². The van der Waals surface area contributed by atoms with Crippen LogP contribution in [0.1, 0.15) is 18.2 Å². The van der Waals surface area contributed by atoms with E-state index in [0.29, 0.717) is 5.92 Å². The number of pyridine rings is 1. The van der Waals surface area contributed by atoms with Crippen LogP contribution < -0.4 is 0 Å². The lowest BCUT2D eigenvalue weighted by Crippen LogP contribution is -2.43. The highest BCUT2D eigenvalue weighted by molar-refractivity contribution is 5.73. The number of aliphatic carboxylic acids is 2. The van der Waals surface area contributed by atoms with Gasteiger partial charge in [-0.3, -0.25) is 14.8 Å². The summed E-state index contributed by atoms with van der Waals surface area (Å²) in [4.78, 5) is 27.1. The number of carbonyl (C=O) groups is 2. The van der Waals surface area contributed by atoms with Gasteiger partial charge in [0.2, 0.25) is 0 Å². The summed E-state index contributed by atoms with van der Waals surface area (Å²) in [5.74, 6) is -3.86. The van der Waals surface area contributed by atoms with Gasteiger partial charge < -0.3 is 19.4 Å². The van der Waals surface area contributed by atoms with Crippen LogP contribution >= 0.6 is 0 Å². The van der Waals surface area contributed by atoms with E-state index < -0.39 is 24.3 Å². The van der Waals surface area contributed by atoms with Gasteiger partial charge in [-0.05, 0) is 29.7 Å². The monoisotopic (exact) mass is 569 g/mol. The fourth-order valence-corrected chi connectivity index (χ4v) is 4.31. The molecule has 2 saturated heterocycles. The molecule has 15 heteroatoms. The number of halogens is 6. The zero-order valence-electron chi connectivity index (χ0n) is 20.9. The number of furan rings is 1. The third kappa shape index (κ3) is 10.5. The maximum Gasteiger partial charge on any atom is 0.490 e. The summed E-state index contributed by atoms with van der Waals surface area (Å²) >= 11 is 0. The molecule has 2 atom stereocenters. The Hall–Kier alpha value is -3.17. The van der Waals surface area contributed by atoms with Crippen molar-refractivity contribution in [2.45, 2.75) is 32.4 Å². The van der Waals surface area contributed by atoms with Gasteiger partial charge in [0.25, 0.3) is 0 Å². The first-order chi connectivity index (χ1) is 18.1. The first-order valence-corrected chi connectivity index (χ1v) is 11.7. The fraction of sp³-hybridized carbons (Fsp3) is 0.542. The van der Waals surface area contributed by atoms with Crippen molar-refractivity contribution in [3.8, 4) is 0 Å². The molecule has 2 aromatic rings. The van der Waals surface area contributed by atoms with Crippen LogP contribution in [0.15, 0.2) is 47.3 Å². The maximum absolute atomic E-state index is 10.6. The van der Waals surface area contributed by atoms with Crippen LogP contribution in [0.4, 0.5) is 26.3 Å². The van der Waals surface area contributed by atoms with E-state index in [0.717, 1.165) is 58.2 Å². The van der Waals surface area contributed by atoms with Crippen LogP contribution in [0.25, 0.3) is 0 Å². The Labute approximate surface area is 220 Å². The van der Waals surface area contributed by atoms with Gasteiger partial charge in [0.15, 0.2) is 0 Å². The first-order valence-electron chi connectivity index (χ1n) is 11.7. The number of nitrogens with zero attached hydrogens (tertiary/aromatic N) is 3. The molecule has 0 aliphatic carbocycles. The summed E-state index contributed by atoms with van der Waals surface area (Å²) in [5, 5.41) is 14.2. The molecular weight excluding hydrogens is 540 g/mol. The van der Waals surface area contributed by atoms with Crippen LogP contribution in [0.2, 0.25) is 0 Å². The number of carboxylic acid groups (broad SMARTS) is 2. The standard InChI is InChI=1S/C20H27N3O2.2C2HF3O2/c1-17-11-23(13-19-5-3-8-25-19)15-20(17)14-22(7-9-24-16-20)12-18-4-2-6-21-10-18;2*3-2(4,5)1(6)7/h2-6,8,10,17H,7,9,11-16H2,1H3;2*(H,6,7)/t17-,20-;;/m0../s1. The third-order valence-corrected chi connectivity index (χ3v) is 6.17. The number of likely N-dealkylation sites (tertiary alicyclic amines) is 1. The molecule has 218 valence electrons. The van der Waals surface area contributed by atoms with Crippen molar-refractivity contribution in [2.75, 3.05) is 39.4 Å². The molecule has 0 radical (unpaired) electrons. The van der Waals surface area contributed by atoms with Gasteiger partial charge in [0.1, 0.15) is 5.76 Å². The molecule has 1 spiro atoms. The number of hydrogen-bond donors (Lipinski definition) is 2. The Morgan fingerprint density at radius 1 is 1.03 bits per heavy atom. The van der Waals surface area contributed by atoms with E-state index in [4.69, 9.17) is 29.0 Å². The van der Waals surface area contributed by atoms with Crippen molar-refractivity contribution in [3.63, 3.8) is 0 Å². The first kappa shape index (κ1) is 32.0. The third-order valence-electron chi connectivity index (χ3n) is 6.17. The van der Waals surface area contributed by atoms with Crippen LogP contribution in [0.3, 0.4) is 0 Å². The summed E-state index contributed by atoms with van der Waals surface area (Å²) in [6.45, 7) is 10.1. The van der Waals surface area contributed by atoms with Crippen LogP contribution in [-0.4, -0.2) is 88.7 Å². The molecule has 2 fully saturated rings. The number of rotatable bonds is 4. The van der Waals surface area contributed by atoms with Gasteiger partial charge in [-0.1, -0.05) is 13.0 Å². The molecule has 0 amide bonds. The second-order valence-corrected chi connectivity index (χ2v) is 9.24. The van der Waals surface area contributed by atoms with E-state index in [2.05, 4.69) is 33.8 Å². The van der Waals surface area contributed by atoms with E-state index in [-0.39, 0.29) is 5.41 Å². The van der Waals surface area contributed by atoms with E-state index in [1.807, 2.05) is 24.5 Å². The van der Waals surface area contributed by atoms with Crippen molar-refractivity contribution in [3.05, 3.63) is 54.2 Å². The lowest BCUT2D eigenvalue weighted by atomic mass is 9.79. The Morgan fingerprint density at radius 3 is 2.15 bits per heavy atom. The predicted molar refractivity (Wildman–Crippen MR) is 123 cm³/mol. The zero-order chi connectivity index (χ0) is 29.3. The van der Waals surface area contributed by atoms with Gasteiger partial charge in [-0.2, -0.15) is 26.3 Å². The topological polar surface area (TPSA) is 116 Å². The molecule has 4 rings (SSSR count). The molecule has 2 aliphatic heterocycles. The molecule has 39 heavy (non-hydrogen) atoms. The number of carboxylic acids is 2. The Morgan fingerprint density at radius 2 is 1.64 bits per heavy atom. The van der Waals surface area contributed by atoms with Crippen molar-refractivity contribution < 1.29 is 55.3 Å². The average Bonchev–Trinajstić information content (AvgIpc) is 3.38. The number of aromatic nitrogens is 1. The number of hydrogen-bond acceptors (Lipinski definition) is 7.